The number of halogens is 12. The van der Waals surface area contributed by atoms with Gasteiger partial charge < -0.3 is 0 Å². The van der Waals surface area contributed by atoms with Crippen LogP contribution in [0, 0.1) is 0 Å². The van der Waals surface area contributed by atoms with Crippen molar-refractivity contribution in [1.82, 2.24) is 0 Å². The first-order valence-corrected chi connectivity index (χ1v) is 13.7. The average Bonchev–Trinajstić information content (AvgIpc) is 2.73. The van der Waals surface area contributed by atoms with E-state index in [9.17, 15) is 52.8 Å². The molecule has 0 atom stereocenters. The summed E-state index contributed by atoms with van der Waals surface area (Å²) >= 11 is 33.9. The van der Waals surface area contributed by atoms with Gasteiger partial charge in [0.1, 0.15) is 0 Å². The molecule has 8 nitrogen and oxygen atoms in total. The second kappa shape index (κ2) is 10.9. The van der Waals surface area contributed by atoms with Crippen LogP contribution in [0.2, 0.25) is 30.1 Å². The van der Waals surface area contributed by atoms with Crippen molar-refractivity contribution in [2.45, 2.75) is 11.0 Å². The zero-order valence-corrected chi connectivity index (χ0v) is 23.2. The summed E-state index contributed by atoms with van der Waals surface area (Å²) in [5.41, 5.74) is -15.8. The van der Waals surface area contributed by atoms with Crippen LogP contribution in [-0.2, 0) is 29.6 Å². The monoisotopic (exact) mass is 708 g/mol. The summed E-state index contributed by atoms with van der Waals surface area (Å²) in [6, 6.07) is 1.54. The Hall–Kier alpha value is -1.40. The van der Waals surface area contributed by atoms with Crippen molar-refractivity contribution < 1.29 is 52.8 Å². The molecule has 0 heterocycles. The van der Waals surface area contributed by atoms with Gasteiger partial charge in [-0.1, -0.05) is 69.6 Å². The SMILES string of the molecule is O=C(C(=O)N(c1cc(Cl)c(Cl)cc1Cl)S(=O)(=O)C(F)(F)F)N(c1cc(Cl)c(Cl)cc1Cl)S(=O)(=O)C(F)(F)F. The molecule has 0 saturated carbocycles. The van der Waals surface area contributed by atoms with E-state index < -0.39 is 93.0 Å². The Balaban J connectivity index is 2.96. The number of alkyl halides is 6. The van der Waals surface area contributed by atoms with E-state index in [1.807, 2.05) is 0 Å². The molecule has 0 aliphatic rings. The van der Waals surface area contributed by atoms with Gasteiger partial charge in [0.05, 0.1) is 41.5 Å². The average molecular weight is 711 g/mol. The van der Waals surface area contributed by atoms with Gasteiger partial charge in [0.2, 0.25) is 0 Å². The van der Waals surface area contributed by atoms with E-state index in [0.29, 0.717) is 12.1 Å². The van der Waals surface area contributed by atoms with E-state index >= 15 is 0 Å². The molecule has 0 unspecified atom stereocenters. The number of sulfonamides is 2. The van der Waals surface area contributed by atoms with Crippen molar-refractivity contribution in [2.75, 3.05) is 8.61 Å². The summed E-state index contributed by atoms with van der Waals surface area (Å²) in [5.74, 6) is -6.03. The number of nitrogens with zero attached hydrogens (tertiary/aromatic N) is 2. The van der Waals surface area contributed by atoms with Crippen molar-refractivity contribution in [3.8, 4) is 0 Å². The molecule has 22 heteroatoms. The normalized spacial score (nSPS) is 12.8. The van der Waals surface area contributed by atoms with Crippen molar-refractivity contribution in [3.05, 3.63) is 54.4 Å². The van der Waals surface area contributed by atoms with Gasteiger partial charge >= 0.3 is 42.9 Å². The molecular weight excluding hydrogens is 707 g/mol. The van der Waals surface area contributed by atoms with Crippen molar-refractivity contribution >= 4 is 113 Å². The molecule has 2 aromatic carbocycles. The molecule has 0 aliphatic heterocycles. The van der Waals surface area contributed by atoms with Crippen LogP contribution in [0.15, 0.2) is 24.3 Å². The van der Waals surface area contributed by atoms with Gasteiger partial charge in [-0.05, 0) is 24.3 Å². The molecule has 0 aromatic heterocycles. The van der Waals surface area contributed by atoms with E-state index in [0.717, 1.165) is 0 Å². The number of amides is 2. The number of anilines is 2. The van der Waals surface area contributed by atoms with Crippen LogP contribution in [0.25, 0.3) is 0 Å². The van der Waals surface area contributed by atoms with E-state index in [4.69, 9.17) is 69.6 Å². The maximum absolute atomic E-state index is 13.5. The van der Waals surface area contributed by atoms with Gasteiger partial charge in [-0.15, -0.1) is 0 Å². The minimum Gasteiger partial charge on any atom is -0.262 e. The minimum absolute atomic E-state index is 0.245. The van der Waals surface area contributed by atoms with Gasteiger partial charge in [-0.3, -0.25) is 9.59 Å². The molecule has 2 rings (SSSR count). The molecular formula is C16H4Cl6F6N2O6S2. The summed E-state index contributed by atoms with van der Waals surface area (Å²) in [6.07, 6.45) is 0. The lowest BCUT2D eigenvalue weighted by molar-refractivity contribution is -0.135. The zero-order valence-electron chi connectivity index (χ0n) is 17.0. The van der Waals surface area contributed by atoms with Crippen LogP contribution in [0.4, 0.5) is 37.7 Å². The van der Waals surface area contributed by atoms with Crippen molar-refractivity contribution in [3.63, 3.8) is 0 Å². The number of benzene rings is 2. The van der Waals surface area contributed by atoms with Crippen LogP contribution in [0.1, 0.15) is 0 Å². The maximum atomic E-state index is 13.5. The molecule has 210 valence electrons. The molecule has 2 amide bonds. The quantitative estimate of drug-likeness (QED) is 0.199. The predicted molar refractivity (Wildman–Crippen MR) is 128 cm³/mol. The van der Waals surface area contributed by atoms with Gasteiger partial charge in [0, 0.05) is 0 Å². The number of carbonyl (C=O) groups is 2. The first-order valence-electron chi connectivity index (χ1n) is 8.57. The zero-order chi connectivity index (χ0) is 29.8. The van der Waals surface area contributed by atoms with Crippen LogP contribution in [-0.4, -0.2) is 39.7 Å². The van der Waals surface area contributed by atoms with Crippen molar-refractivity contribution in [2.24, 2.45) is 0 Å². The fourth-order valence-electron chi connectivity index (χ4n) is 2.41. The molecule has 0 bridgehead atoms. The van der Waals surface area contributed by atoms with Crippen molar-refractivity contribution in [1.29, 1.82) is 0 Å². The molecule has 38 heavy (non-hydrogen) atoms. The van der Waals surface area contributed by atoms with Crippen LogP contribution in [0.5, 0.6) is 0 Å². The Morgan fingerprint density at radius 2 is 0.763 bits per heavy atom. The third kappa shape index (κ3) is 6.01. The molecule has 0 spiro atoms. The lowest BCUT2D eigenvalue weighted by atomic mass is 10.3. The standard InChI is InChI=1S/C16H4Cl6F6N2O6S2/c17-5-1-9(21)11(3-7(5)19)29(37(33,34)15(23,24)25)13(31)14(32)30(38(35,36)16(26,27)28)12-4-8(20)6(18)2-10(12)22/h1-4H. The Kier molecular flexibility index (Phi) is 9.39. The highest BCUT2D eigenvalue weighted by atomic mass is 35.5. The van der Waals surface area contributed by atoms with E-state index in [2.05, 4.69) is 0 Å². The summed E-state index contributed by atoms with van der Waals surface area (Å²) in [5, 5.41) is -4.61. The van der Waals surface area contributed by atoms with Gasteiger partial charge in [-0.25, -0.2) is 0 Å². The summed E-state index contributed by atoms with van der Waals surface area (Å²) in [6.45, 7) is 0. The molecule has 0 N–H and O–H groups in total. The number of hydrogen-bond acceptors (Lipinski definition) is 6. The van der Waals surface area contributed by atoms with Gasteiger partial charge in [-0.2, -0.15) is 51.8 Å². The number of rotatable bonds is 4. The van der Waals surface area contributed by atoms with E-state index in [-0.39, 0.29) is 12.1 Å². The first-order chi connectivity index (χ1) is 17.0. The number of carbonyl (C=O) groups excluding carboxylic acids is 2. The maximum Gasteiger partial charge on any atom is 0.517 e. The summed E-state index contributed by atoms with van der Waals surface area (Å²) in [4.78, 5) is 25.8. The third-order valence-corrected chi connectivity index (χ3v) is 8.94. The van der Waals surface area contributed by atoms with Gasteiger partial charge in [0.15, 0.2) is 0 Å². The van der Waals surface area contributed by atoms with Crippen LogP contribution in [0.3, 0.4) is 0 Å². The highest BCUT2D eigenvalue weighted by Crippen LogP contribution is 2.42. The fraction of sp³-hybridized carbons (Fsp3) is 0.125. The Morgan fingerprint density at radius 3 is 1.00 bits per heavy atom. The topological polar surface area (TPSA) is 109 Å². The minimum atomic E-state index is -7.02. The predicted octanol–water partition coefficient (Wildman–Crippen LogP) is 6.67. The van der Waals surface area contributed by atoms with E-state index in [1.165, 1.54) is 0 Å². The molecule has 0 fully saturated rings. The third-order valence-electron chi connectivity index (χ3n) is 4.03. The fourth-order valence-corrected chi connectivity index (χ4v) is 5.59. The second-order valence-corrected chi connectivity index (χ2v) is 12.5. The molecule has 2 aromatic rings. The number of hydrogen-bond donors (Lipinski definition) is 0. The first kappa shape index (κ1) is 32.8. The molecule has 0 saturated heterocycles. The van der Waals surface area contributed by atoms with Gasteiger partial charge in [0.25, 0.3) is 0 Å². The Morgan fingerprint density at radius 1 is 0.526 bits per heavy atom. The van der Waals surface area contributed by atoms with Crippen LogP contribution < -0.4 is 8.61 Å². The largest absolute Gasteiger partial charge is 0.517 e. The molecule has 0 radical (unpaired) electrons. The summed E-state index contributed by atoms with van der Waals surface area (Å²) < 4.78 is 127. The van der Waals surface area contributed by atoms with E-state index in [1.54, 1.807) is 0 Å². The molecule has 0 aliphatic carbocycles. The Bertz CT molecular complexity index is 1430. The highest BCUT2D eigenvalue weighted by Gasteiger charge is 2.58. The lowest BCUT2D eigenvalue weighted by Gasteiger charge is -2.28. The highest BCUT2D eigenvalue weighted by molar-refractivity contribution is 7.95. The summed E-state index contributed by atoms with van der Waals surface area (Å²) in [7, 11) is -14.0. The second-order valence-electron chi connectivity index (χ2n) is 6.48. The Labute approximate surface area is 238 Å². The lowest BCUT2D eigenvalue weighted by Crippen LogP contribution is -2.55. The smallest absolute Gasteiger partial charge is 0.262 e. The van der Waals surface area contributed by atoms with Crippen LogP contribution >= 0.6 is 69.6 Å².